The first-order valence-corrected chi connectivity index (χ1v) is 8.67. The number of thiazole rings is 1. The van der Waals surface area contributed by atoms with Crippen LogP contribution in [0.15, 0.2) is 36.4 Å². The minimum absolute atomic E-state index is 0.0395. The highest BCUT2D eigenvalue weighted by Gasteiger charge is 2.15. The van der Waals surface area contributed by atoms with Crippen LogP contribution in [0.2, 0.25) is 0 Å². The Morgan fingerprint density at radius 3 is 2.60 bits per heavy atom. The third-order valence-corrected chi connectivity index (χ3v) is 4.91. The second-order valence-corrected chi connectivity index (χ2v) is 7.00. The van der Waals surface area contributed by atoms with Crippen molar-refractivity contribution < 1.29 is 14.3 Å². The van der Waals surface area contributed by atoms with Crippen LogP contribution in [0.3, 0.4) is 0 Å². The normalized spacial score (nSPS) is 10.7. The Labute approximate surface area is 150 Å². The van der Waals surface area contributed by atoms with Gasteiger partial charge in [0.25, 0.3) is 5.91 Å². The quantitative estimate of drug-likeness (QED) is 0.696. The van der Waals surface area contributed by atoms with Crippen LogP contribution in [0.4, 0.5) is 0 Å². The lowest BCUT2D eigenvalue weighted by Crippen LogP contribution is -2.26. The lowest BCUT2D eigenvalue weighted by Gasteiger charge is -2.18. The summed E-state index contributed by atoms with van der Waals surface area (Å²) in [7, 11) is 4.99. The number of fused-ring (bicyclic) bond motifs is 1. The van der Waals surface area contributed by atoms with Crippen LogP contribution < -0.4 is 9.47 Å². The summed E-state index contributed by atoms with van der Waals surface area (Å²) in [6, 6.07) is 11.3. The fourth-order valence-electron chi connectivity index (χ4n) is 2.72. The lowest BCUT2D eigenvalue weighted by molar-refractivity contribution is 0.0785. The summed E-state index contributed by atoms with van der Waals surface area (Å²) in [4.78, 5) is 18.9. The zero-order chi connectivity index (χ0) is 18.0. The van der Waals surface area contributed by atoms with Crippen molar-refractivity contribution in [2.75, 3.05) is 21.3 Å². The van der Waals surface area contributed by atoms with Crippen molar-refractivity contribution in [3.05, 3.63) is 52.5 Å². The number of carbonyl (C=O) groups excluding carboxylic acids is 1. The van der Waals surface area contributed by atoms with Gasteiger partial charge in [-0.3, -0.25) is 4.79 Å². The monoisotopic (exact) mass is 356 g/mol. The summed E-state index contributed by atoms with van der Waals surface area (Å²) in [6.07, 6.45) is 0. The van der Waals surface area contributed by atoms with Crippen LogP contribution in [0.1, 0.15) is 20.9 Å². The molecular weight excluding hydrogens is 336 g/mol. The summed E-state index contributed by atoms with van der Waals surface area (Å²) in [5, 5.41) is 0.998. The van der Waals surface area contributed by atoms with Gasteiger partial charge in [-0.25, -0.2) is 4.98 Å². The number of carbonyl (C=O) groups is 1. The van der Waals surface area contributed by atoms with E-state index < -0.39 is 0 Å². The third-order valence-electron chi connectivity index (χ3n) is 3.96. The van der Waals surface area contributed by atoms with Gasteiger partial charge in [-0.05, 0) is 42.8 Å². The number of hydrogen-bond acceptors (Lipinski definition) is 5. The fraction of sp³-hybridized carbons (Fsp3) is 0.263. The number of rotatable bonds is 5. The minimum Gasteiger partial charge on any atom is -0.493 e. The van der Waals surface area contributed by atoms with Gasteiger partial charge in [0, 0.05) is 19.2 Å². The Kier molecular flexibility index (Phi) is 4.90. The number of aromatic nitrogens is 1. The molecule has 0 saturated carbocycles. The van der Waals surface area contributed by atoms with Gasteiger partial charge in [-0.15, -0.1) is 11.3 Å². The van der Waals surface area contributed by atoms with Gasteiger partial charge < -0.3 is 14.4 Å². The molecule has 0 N–H and O–H groups in total. The predicted octanol–water partition coefficient (Wildman–Crippen LogP) is 3.89. The van der Waals surface area contributed by atoms with E-state index in [-0.39, 0.29) is 5.91 Å². The zero-order valence-electron chi connectivity index (χ0n) is 14.7. The smallest absolute Gasteiger partial charge is 0.253 e. The molecule has 0 radical (unpaired) electrons. The molecule has 0 aliphatic rings. The van der Waals surface area contributed by atoms with E-state index in [0.717, 1.165) is 20.8 Å². The van der Waals surface area contributed by atoms with Crippen LogP contribution in [-0.4, -0.2) is 37.1 Å². The van der Waals surface area contributed by atoms with E-state index in [2.05, 4.69) is 4.98 Å². The lowest BCUT2D eigenvalue weighted by atomic mass is 10.1. The van der Waals surface area contributed by atoms with Crippen molar-refractivity contribution in [1.29, 1.82) is 0 Å². The van der Waals surface area contributed by atoms with Gasteiger partial charge in [-0.1, -0.05) is 6.07 Å². The maximum absolute atomic E-state index is 12.7. The largest absolute Gasteiger partial charge is 0.493 e. The highest BCUT2D eigenvalue weighted by molar-refractivity contribution is 7.18. The van der Waals surface area contributed by atoms with E-state index in [1.165, 1.54) is 0 Å². The number of aryl methyl sites for hydroxylation is 1. The van der Waals surface area contributed by atoms with Crippen molar-refractivity contribution in [2.24, 2.45) is 0 Å². The molecule has 0 atom stereocenters. The Balaban J connectivity index is 1.79. The van der Waals surface area contributed by atoms with Gasteiger partial charge in [0.1, 0.15) is 0 Å². The number of methoxy groups -OCH3 is 2. The number of nitrogens with zero attached hydrogens (tertiary/aromatic N) is 2. The Morgan fingerprint density at radius 1 is 1.12 bits per heavy atom. The highest BCUT2D eigenvalue weighted by Crippen LogP contribution is 2.28. The molecular formula is C19H20N2O3S. The van der Waals surface area contributed by atoms with E-state index >= 15 is 0 Å². The number of benzene rings is 2. The summed E-state index contributed by atoms with van der Waals surface area (Å²) < 4.78 is 11.7. The average Bonchev–Trinajstić information content (AvgIpc) is 2.99. The first-order valence-electron chi connectivity index (χ1n) is 7.85. The molecule has 2 aromatic carbocycles. The Bertz CT molecular complexity index is 920. The summed E-state index contributed by atoms with van der Waals surface area (Å²) in [5.41, 5.74) is 2.48. The molecule has 0 fully saturated rings. The molecule has 3 aromatic rings. The molecule has 0 spiro atoms. The second-order valence-electron chi connectivity index (χ2n) is 5.77. The maximum Gasteiger partial charge on any atom is 0.253 e. The van der Waals surface area contributed by atoms with Crippen LogP contribution in [0.5, 0.6) is 11.5 Å². The van der Waals surface area contributed by atoms with Gasteiger partial charge in [0.05, 0.1) is 29.4 Å². The van der Waals surface area contributed by atoms with Crippen molar-refractivity contribution in [2.45, 2.75) is 13.5 Å². The molecule has 3 rings (SSSR count). The van der Waals surface area contributed by atoms with Crippen LogP contribution in [0.25, 0.3) is 10.2 Å². The zero-order valence-corrected chi connectivity index (χ0v) is 15.5. The van der Waals surface area contributed by atoms with E-state index in [4.69, 9.17) is 9.47 Å². The van der Waals surface area contributed by atoms with Crippen LogP contribution in [0, 0.1) is 6.92 Å². The SMILES string of the molecule is COc1ccc(CN(C)C(=O)c2ccc3sc(C)nc3c2)cc1OC. The van der Waals surface area contributed by atoms with E-state index in [1.807, 2.05) is 43.3 Å². The number of amides is 1. The number of ether oxygens (including phenoxy) is 2. The summed E-state index contributed by atoms with van der Waals surface area (Å²) in [5.74, 6) is 1.28. The standard InChI is InChI=1S/C19H20N2O3S/c1-12-20-15-10-14(6-8-18(15)25-12)19(22)21(2)11-13-5-7-16(23-3)17(9-13)24-4/h5-10H,11H2,1-4H3. The second kappa shape index (κ2) is 7.11. The molecule has 1 heterocycles. The molecule has 6 heteroatoms. The average molecular weight is 356 g/mol. The summed E-state index contributed by atoms with van der Waals surface area (Å²) >= 11 is 1.63. The van der Waals surface area contributed by atoms with Gasteiger partial charge in [-0.2, -0.15) is 0 Å². The first-order chi connectivity index (χ1) is 12.0. The molecule has 5 nitrogen and oxygen atoms in total. The molecule has 25 heavy (non-hydrogen) atoms. The van der Waals surface area contributed by atoms with Gasteiger partial charge in [0.15, 0.2) is 11.5 Å². The van der Waals surface area contributed by atoms with E-state index in [9.17, 15) is 4.79 Å². The van der Waals surface area contributed by atoms with Crippen molar-refractivity contribution >= 4 is 27.5 Å². The molecule has 0 saturated heterocycles. The van der Waals surface area contributed by atoms with Crippen molar-refractivity contribution in [3.8, 4) is 11.5 Å². The number of hydrogen-bond donors (Lipinski definition) is 0. The molecule has 1 amide bonds. The van der Waals surface area contributed by atoms with Gasteiger partial charge >= 0.3 is 0 Å². The minimum atomic E-state index is -0.0395. The molecule has 0 aliphatic carbocycles. The Hall–Kier alpha value is -2.60. The third kappa shape index (κ3) is 3.58. The van der Waals surface area contributed by atoms with E-state index in [1.54, 1.807) is 37.5 Å². The molecule has 0 aliphatic heterocycles. The summed E-state index contributed by atoms with van der Waals surface area (Å²) in [6.45, 7) is 2.45. The van der Waals surface area contributed by atoms with Crippen LogP contribution >= 0.6 is 11.3 Å². The van der Waals surface area contributed by atoms with Crippen LogP contribution in [-0.2, 0) is 6.54 Å². The Morgan fingerprint density at radius 2 is 1.88 bits per heavy atom. The van der Waals surface area contributed by atoms with Gasteiger partial charge in [0.2, 0.25) is 0 Å². The molecule has 130 valence electrons. The maximum atomic E-state index is 12.7. The van der Waals surface area contributed by atoms with Crippen molar-refractivity contribution in [1.82, 2.24) is 9.88 Å². The molecule has 0 bridgehead atoms. The van der Waals surface area contributed by atoms with Crippen molar-refractivity contribution in [3.63, 3.8) is 0 Å². The van der Waals surface area contributed by atoms with E-state index in [0.29, 0.717) is 23.6 Å². The highest BCUT2D eigenvalue weighted by atomic mass is 32.1. The predicted molar refractivity (Wildman–Crippen MR) is 99.7 cm³/mol. The fourth-order valence-corrected chi connectivity index (χ4v) is 3.53. The first kappa shape index (κ1) is 17.2. The molecule has 1 aromatic heterocycles. The topological polar surface area (TPSA) is 51.7 Å². The molecule has 0 unspecified atom stereocenters.